The maximum Gasteiger partial charge on any atom is 0.407 e. The zero-order valence-electron chi connectivity index (χ0n) is 12.6. The van der Waals surface area contributed by atoms with Gasteiger partial charge >= 0.3 is 6.09 Å². The summed E-state index contributed by atoms with van der Waals surface area (Å²) in [4.78, 5) is 19.6. The molecule has 4 rings (SSSR count). The third-order valence-electron chi connectivity index (χ3n) is 4.04. The van der Waals surface area contributed by atoms with Crippen LogP contribution < -0.4 is 4.90 Å². The van der Waals surface area contributed by atoms with Crippen LogP contribution >= 0.6 is 11.3 Å². The minimum Gasteiger partial charge on any atom is -0.465 e. The van der Waals surface area contributed by atoms with Crippen molar-refractivity contribution < 1.29 is 14.3 Å². The lowest BCUT2D eigenvalue weighted by Crippen LogP contribution is -2.48. The molecule has 0 radical (unpaired) electrons. The number of hydrogen-bond donors (Lipinski definition) is 1. The van der Waals surface area contributed by atoms with Crippen LogP contribution in [0.1, 0.15) is 0 Å². The van der Waals surface area contributed by atoms with E-state index in [9.17, 15) is 9.18 Å². The summed E-state index contributed by atoms with van der Waals surface area (Å²) >= 11 is 1.46. The highest BCUT2D eigenvalue weighted by molar-refractivity contribution is 7.20. The van der Waals surface area contributed by atoms with Gasteiger partial charge in [-0.15, -0.1) is 5.10 Å². The number of amides is 1. The molecule has 0 bridgehead atoms. The molecule has 1 N–H and O–H groups in total. The molecule has 0 spiro atoms. The Morgan fingerprint density at radius 3 is 2.54 bits per heavy atom. The number of carbonyl (C=O) groups is 1. The molecule has 0 atom stereocenters. The van der Waals surface area contributed by atoms with Crippen LogP contribution in [0.5, 0.6) is 0 Å². The van der Waals surface area contributed by atoms with E-state index in [1.54, 1.807) is 22.8 Å². The van der Waals surface area contributed by atoms with Crippen molar-refractivity contribution in [3.8, 4) is 11.3 Å². The average molecular weight is 347 g/mol. The molecular weight excluding hydrogens is 333 g/mol. The van der Waals surface area contributed by atoms with E-state index in [1.807, 2.05) is 0 Å². The van der Waals surface area contributed by atoms with Crippen molar-refractivity contribution in [2.45, 2.75) is 0 Å². The van der Waals surface area contributed by atoms with Crippen molar-refractivity contribution in [2.75, 3.05) is 31.1 Å². The molecule has 24 heavy (non-hydrogen) atoms. The summed E-state index contributed by atoms with van der Waals surface area (Å²) in [5.41, 5.74) is 1.65. The molecule has 0 saturated carbocycles. The smallest absolute Gasteiger partial charge is 0.407 e. The lowest BCUT2D eigenvalue weighted by Gasteiger charge is -2.32. The summed E-state index contributed by atoms with van der Waals surface area (Å²) in [7, 11) is 0. The molecule has 1 amide bonds. The molecule has 7 nitrogen and oxygen atoms in total. The molecule has 2 aromatic heterocycles. The van der Waals surface area contributed by atoms with Gasteiger partial charge in [0.2, 0.25) is 10.1 Å². The lowest BCUT2D eigenvalue weighted by molar-refractivity contribution is 0.142. The molecule has 0 aliphatic carbocycles. The zero-order valence-corrected chi connectivity index (χ0v) is 13.4. The van der Waals surface area contributed by atoms with Gasteiger partial charge < -0.3 is 14.9 Å². The highest BCUT2D eigenvalue weighted by Gasteiger charge is 2.23. The number of anilines is 1. The highest BCUT2D eigenvalue weighted by Crippen LogP contribution is 2.28. The van der Waals surface area contributed by atoms with Crippen LogP contribution in [-0.4, -0.2) is 56.9 Å². The number of benzene rings is 1. The molecule has 1 aliphatic rings. The Labute approximate surface area is 140 Å². The Kier molecular flexibility index (Phi) is 3.57. The Bertz CT molecular complexity index is 883. The molecule has 0 unspecified atom stereocenters. The largest absolute Gasteiger partial charge is 0.465 e. The zero-order chi connectivity index (χ0) is 16.7. The predicted molar refractivity (Wildman–Crippen MR) is 88.1 cm³/mol. The molecule has 9 heteroatoms. The Morgan fingerprint density at radius 1 is 1.17 bits per heavy atom. The average Bonchev–Trinajstić information content (AvgIpc) is 3.16. The summed E-state index contributed by atoms with van der Waals surface area (Å²) in [6, 6.07) is 6.22. The second-order valence-corrected chi connectivity index (χ2v) is 6.42. The molecule has 124 valence electrons. The van der Waals surface area contributed by atoms with E-state index in [4.69, 9.17) is 5.11 Å². The van der Waals surface area contributed by atoms with Crippen molar-refractivity contribution in [1.82, 2.24) is 19.5 Å². The second kappa shape index (κ2) is 5.75. The Morgan fingerprint density at radius 2 is 1.88 bits per heavy atom. The monoisotopic (exact) mass is 347 g/mol. The fraction of sp³-hybridized carbons (Fsp3) is 0.267. The van der Waals surface area contributed by atoms with Crippen molar-refractivity contribution in [2.24, 2.45) is 0 Å². The standard InChI is InChI=1S/C15H14FN5O2S/c16-11-3-1-10(2-4-11)12-9-17-13-21(12)18-14(24-13)19-5-7-20(8-6-19)15(22)23/h1-4,9H,5-8H2,(H,22,23). The fourth-order valence-electron chi connectivity index (χ4n) is 2.72. The van der Waals surface area contributed by atoms with Gasteiger partial charge in [-0.1, -0.05) is 11.3 Å². The van der Waals surface area contributed by atoms with Crippen molar-refractivity contribution >= 4 is 27.5 Å². The number of hydrogen-bond acceptors (Lipinski definition) is 5. The maximum atomic E-state index is 13.1. The van der Waals surface area contributed by atoms with Gasteiger partial charge in [-0.25, -0.2) is 18.7 Å². The summed E-state index contributed by atoms with van der Waals surface area (Å²) in [5, 5.41) is 14.4. The molecule has 1 saturated heterocycles. The van der Waals surface area contributed by atoms with Gasteiger partial charge in [-0.2, -0.15) is 0 Å². The van der Waals surface area contributed by atoms with Crippen molar-refractivity contribution in [3.63, 3.8) is 0 Å². The first-order valence-corrected chi connectivity index (χ1v) is 8.27. The van der Waals surface area contributed by atoms with E-state index < -0.39 is 6.09 Å². The van der Waals surface area contributed by atoms with Crippen molar-refractivity contribution in [1.29, 1.82) is 0 Å². The SMILES string of the molecule is O=C(O)N1CCN(c2nn3c(-c4ccc(F)cc4)cnc3s2)CC1. The number of rotatable bonds is 2. The van der Waals surface area contributed by atoms with Gasteiger partial charge in [-0.3, -0.25) is 0 Å². The van der Waals surface area contributed by atoms with Gasteiger partial charge in [0.25, 0.3) is 0 Å². The number of nitrogens with zero attached hydrogens (tertiary/aromatic N) is 5. The number of piperazine rings is 1. The predicted octanol–water partition coefficient (Wildman–Crippen LogP) is 2.40. The van der Waals surface area contributed by atoms with Crippen LogP contribution in [0.25, 0.3) is 16.2 Å². The number of imidazole rings is 1. The Hall–Kier alpha value is -2.68. The summed E-state index contributed by atoms with van der Waals surface area (Å²) in [5.74, 6) is -0.283. The summed E-state index contributed by atoms with van der Waals surface area (Å²) in [6.07, 6.45) is 0.834. The quantitative estimate of drug-likeness (QED) is 0.770. The normalized spacial score (nSPS) is 15.2. The highest BCUT2D eigenvalue weighted by atomic mass is 32.1. The minimum atomic E-state index is -0.887. The van der Waals surface area contributed by atoms with E-state index in [1.165, 1.54) is 28.4 Å². The first-order valence-electron chi connectivity index (χ1n) is 7.45. The fourth-order valence-corrected chi connectivity index (χ4v) is 3.65. The summed E-state index contributed by atoms with van der Waals surface area (Å²) < 4.78 is 14.8. The lowest BCUT2D eigenvalue weighted by atomic mass is 10.2. The van der Waals surface area contributed by atoms with Crippen LogP contribution in [0.3, 0.4) is 0 Å². The molecule has 1 fully saturated rings. The molecule has 1 aliphatic heterocycles. The first kappa shape index (κ1) is 14.9. The van der Waals surface area contributed by atoms with E-state index in [0.717, 1.165) is 21.3 Å². The number of aromatic nitrogens is 3. The van der Waals surface area contributed by atoms with Gasteiger partial charge in [0.05, 0.1) is 11.9 Å². The van der Waals surface area contributed by atoms with Crippen LogP contribution in [-0.2, 0) is 0 Å². The topological polar surface area (TPSA) is 74.0 Å². The maximum absolute atomic E-state index is 13.1. The van der Waals surface area contributed by atoms with Crippen LogP contribution in [0.4, 0.5) is 14.3 Å². The van der Waals surface area contributed by atoms with E-state index >= 15 is 0 Å². The van der Waals surface area contributed by atoms with Gasteiger partial charge in [0.15, 0.2) is 0 Å². The molecule has 3 aromatic rings. The van der Waals surface area contributed by atoms with E-state index in [0.29, 0.717) is 26.2 Å². The van der Waals surface area contributed by atoms with Gasteiger partial charge in [-0.05, 0) is 24.3 Å². The molecule has 1 aromatic carbocycles. The first-order chi connectivity index (χ1) is 11.6. The van der Waals surface area contributed by atoms with Crippen LogP contribution in [0.15, 0.2) is 30.5 Å². The minimum absolute atomic E-state index is 0.283. The number of fused-ring (bicyclic) bond motifs is 1. The van der Waals surface area contributed by atoms with E-state index in [2.05, 4.69) is 15.0 Å². The van der Waals surface area contributed by atoms with Gasteiger partial charge in [0, 0.05) is 31.7 Å². The molecule has 3 heterocycles. The van der Waals surface area contributed by atoms with Crippen LogP contribution in [0.2, 0.25) is 0 Å². The number of halogens is 1. The van der Waals surface area contributed by atoms with Crippen LogP contribution in [0, 0.1) is 5.82 Å². The summed E-state index contributed by atoms with van der Waals surface area (Å²) in [6.45, 7) is 2.13. The number of carboxylic acid groups (broad SMARTS) is 1. The second-order valence-electron chi connectivity index (χ2n) is 5.49. The third-order valence-corrected chi connectivity index (χ3v) is 5.02. The van der Waals surface area contributed by atoms with Crippen molar-refractivity contribution in [3.05, 3.63) is 36.3 Å². The Balaban J connectivity index is 1.61. The van der Waals surface area contributed by atoms with Gasteiger partial charge in [0.1, 0.15) is 5.82 Å². The molecular formula is C15H14FN5O2S. The van der Waals surface area contributed by atoms with E-state index in [-0.39, 0.29) is 5.82 Å². The third kappa shape index (κ3) is 2.56.